The molecule has 1 fully saturated rings. The van der Waals surface area contributed by atoms with Gasteiger partial charge >= 0.3 is 7.12 Å². The summed E-state index contributed by atoms with van der Waals surface area (Å²) in [6.45, 7) is 6.00. The largest absolute Gasteiger partial charge is 0.494 e. The smallest absolute Gasteiger partial charge is 0.407 e. The van der Waals surface area contributed by atoms with Gasteiger partial charge in [-0.15, -0.1) is 12.4 Å². The van der Waals surface area contributed by atoms with Crippen LogP contribution in [0.2, 0.25) is 0 Å². The van der Waals surface area contributed by atoms with Crippen molar-refractivity contribution in [2.75, 3.05) is 20.7 Å². The van der Waals surface area contributed by atoms with Crippen LogP contribution in [-0.2, 0) is 15.9 Å². The normalized spacial score (nSPS) is 18.6. The highest BCUT2D eigenvalue weighted by Crippen LogP contribution is 2.21. The lowest BCUT2D eigenvalue weighted by Gasteiger charge is -2.25. The van der Waals surface area contributed by atoms with Crippen LogP contribution in [0.15, 0.2) is 24.3 Å². The average molecular weight is 298 g/mol. The van der Waals surface area contributed by atoms with Gasteiger partial charge in [0.25, 0.3) is 0 Å². The molecular formula is C15H25BClNO2. The lowest BCUT2D eigenvalue weighted by Crippen LogP contribution is -2.42. The van der Waals surface area contributed by atoms with Crippen LogP contribution in [-0.4, -0.2) is 38.3 Å². The molecule has 0 radical (unpaired) electrons. The third kappa shape index (κ3) is 5.10. The first-order chi connectivity index (χ1) is 8.96. The van der Waals surface area contributed by atoms with Crippen molar-refractivity contribution in [2.45, 2.75) is 38.8 Å². The van der Waals surface area contributed by atoms with Gasteiger partial charge in [0.1, 0.15) is 0 Å². The summed E-state index contributed by atoms with van der Waals surface area (Å²) < 4.78 is 11.9. The number of hydrogen-bond acceptors (Lipinski definition) is 3. The van der Waals surface area contributed by atoms with Crippen LogP contribution in [0.4, 0.5) is 0 Å². The Hall–Kier alpha value is -0.545. The van der Waals surface area contributed by atoms with Crippen molar-refractivity contribution >= 4 is 25.0 Å². The van der Waals surface area contributed by atoms with Gasteiger partial charge in [-0.3, -0.25) is 0 Å². The summed E-state index contributed by atoms with van der Waals surface area (Å²) in [4.78, 5) is 2.16. The van der Waals surface area contributed by atoms with Gasteiger partial charge in [0, 0.05) is 18.8 Å². The summed E-state index contributed by atoms with van der Waals surface area (Å²) in [7, 11) is 3.92. The fourth-order valence-corrected chi connectivity index (χ4v) is 2.38. The van der Waals surface area contributed by atoms with Gasteiger partial charge in [0.15, 0.2) is 0 Å². The van der Waals surface area contributed by atoms with Gasteiger partial charge < -0.3 is 14.2 Å². The van der Waals surface area contributed by atoms with E-state index in [0.29, 0.717) is 0 Å². The second-order valence-corrected chi connectivity index (χ2v) is 6.16. The molecular weight excluding hydrogens is 272 g/mol. The quantitative estimate of drug-likeness (QED) is 0.800. The minimum absolute atomic E-state index is 0. The van der Waals surface area contributed by atoms with E-state index in [2.05, 4.69) is 57.1 Å². The molecule has 0 N–H and O–H groups in total. The molecule has 5 heteroatoms. The maximum Gasteiger partial charge on any atom is 0.494 e. The third-order valence-corrected chi connectivity index (χ3v) is 3.37. The van der Waals surface area contributed by atoms with Gasteiger partial charge in [-0.1, -0.05) is 24.3 Å². The first kappa shape index (κ1) is 17.5. The van der Waals surface area contributed by atoms with Crippen molar-refractivity contribution < 1.29 is 9.31 Å². The third-order valence-electron chi connectivity index (χ3n) is 3.37. The van der Waals surface area contributed by atoms with Crippen LogP contribution in [0.1, 0.15) is 32.3 Å². The van der Waals surface area contributed by atoms with Gasteiger partial charge in [-0.25, -0.2) is 0 Å². The summed E-state index contributed by atoms with van der Waals surface area (Å²) in [6.07, 6.45) is 2.10. The predicted octanol–water partition coefficient (Wildman–Crippen LogP) is 2.47. The Morgan fingerprint density at radius 1 is 1.20 bits per heavy atom. The second kappa shape index (κ2) is 7.46. The SMILES string of the molecule is CN(C)Cc1ccc(B2OCCCC(C)(C)O2)cc1.Cl. The van der Waals surface area contributed by atoms with E-state index in [-0.39, 0.29) is 25.1 Å². The Balaban J connectivity index is 0.00000200. The van der Waals surface area contributed by atoms with Crippen molar-refractivity contribution in [3.63, 3.8) is 0 Å². The molecule has 1 aliphatic rings. The summed E-state index contributed by atoms with van der Waals surface area (Å²) >= 11 is 0. The number of benzene rings is 1. The van der Waals surface area contributed by atoms with Gasteiger partial charge in [0.2, 0.25) is 0 Å². The zero-order chi connectivity index (χ0) is 13.9. The molecule has 0 amide bonds. The van der Waals surface area contributed by atoms with Gasteiger partial charge in [0.05, 0.1) is 0 Å². The van der Waals surface area contributed by atoms with Crippen molar-refractivity contribution in [1.29, 1.82) is 0 Å². The number of hydrogen-bond donors (Lipinski definition) is 0. The molecule has 1 aromatic carbocycles. The Labute approximate surface area is 129 Å². The minimum atomic E-state index is -0.231. The maximum atomic E-state index is 6.07. The molecule has 20 heavy (non-hydrogen) atoms. The zero-order valence-corrected chi connectivity index (χ0v) is 13.7. The zero-order valence-electron chi connectivity index (χ0n) is 12.9. The van der Waals surface area contributed by atoms with E-state index in [4.69, 9.17) is 9.31 Å². The topological polar surface area (TPSA) is 21.7 Å². The lowest BCUT2D eigenvalue weighted by atomic mass is 9.77. The summed E-state index contributed by atoms with van der Waals surface area (Å²) in [6, 6.07) is 8.54. The molecule has 112 valence electrons. The Morgan fingerprint density at radius 3 is 2.45 bits per heavy atom. The lowest BCUT2D eigenvalue weighted by molar-refractivity contribution is 0.0907. The number of halogens is 1. The van der Waals surface area contributed by atoms with Crippen molar-refractivity contribution in [1.82, 2.24) is 4.90 Å². The second-order valence-electron chi connectivity index (χ2n) is 6.16. The summed E-state index contributed by atoms with van der Waals surface area (Å²) in [5.74, 6) is 0. The van der Waals surface area contributed by atoms with E-state index in [1.54, 1.807) is 0 Å². The molecule has 0 aliphatic carbocycles. The van der Waals surface area contributed by atoms with Crippen molar-refractivity contribution in [3.05, 3.63) is 29.8 Å². The van der Waals surface area contributed by atoms with Crippen LogP contribution in [0.3, 0.4) is 0 Å². The Morgan fingerprint density at radius 2 is 1.85 bits per heavy atom. The van der Waals surface area contributed by atoms with Crippen molar-refractivity contribution in [2.24, 2.45) is 0 Å². The van der Waals surface area contributed by atoms with E-state index in [0.717, 1.165) is 31.5 Å². The minimum Gasteiger partial charge on any atom is -0.407 e. The fraction of sp³-hybridized carbons (Fsp3) is 0.600. The summed E-state index contributed by atoms with van der Waals surface area (Å²) in [5, 5.41) is 0. The summed E-state index contributed by atoms with van der Waals surface area (Å²) in [5.41, 5.74) is 2.31. The molecule has 1 heterocycles. The monoisotopic (exact) mass is 297 g/mol. The van der Waals surface area contributed by atoms with E-state index >= 15 is 0 Å². The predicted molar refractivity (Wildman–Crippen MR) is 86.8 cm³/mol. The molecule has 0 bridgehead atoms. The molecule has 0 aromatic heterocycles. The fourth-order valence-electron chi connectivity index (χ4n) is 2.38. The van der Waals surface area contributed by atoms with Crippen LogP contribution in [0.5, 0.6) is 0 Å². The molecule has 1 aliphatic heterocycles. The highest BCUT2D eigenvalue weighted by Gasteiger charge is 2.32. The number of rotatable bonds is 3. The number of nitrogens with zero attached hydrogens (tertiary/aromatic N) is 1. The maximum absolute atomic E-state index is 6.07. The van der Waals surface area contributed by atoms with Crippen LogP contribution in [0.25, 0.3) is 0 Å². The molecule has 0 spiro atoms. The highest BCUT2D eigenvalue weighted by molar-refractivity contribution is 6.61. The average Bonchev–Trinajstić information content (AvgIpc) is 2.50. The highest BCUT2D eigenvalue weighted by atomic mass is 35.5. The first-order valence-corrected chi connectivity index (χ1v) is 6.99. The van der Waals surface area contributed by atoms with Crippen LogP contribution in [0, 0.1) is 0 Å². The molecule has 1 aromatic rings. The van der Waals surface area contributed by atoms with Crippen LogP contribution >= 0.6 is 12.4 Å². The Kier molecular flexibility index (Phi) is 6.53. The first-order valence-electron chi connectivity index (χ1n) is 6.99. The van der Waals surface area contributed by atoms with E-state index in [1.165, 1.54) is 5.56 Å². The standard InChI is InChI=1S/C15H24BNO2.ClH/c1-15(2)10-5-11-18-16(19-15)14-8-6-13(7-9-14)12-17(3)4;/h6-9H,5,10-12H2,1-4H3;1H. The van der Waals surface area contributed by atoms with Gasteiger partial charge in [-0.05, 0) is 51.8 Å². The molecule has 2 rings (SSSR count). The van der Waals surface area contributed by atoms with Crippen molar-refractivity contribution in [3.8, 4) is 0 Å². The van der Waals surface area contributed by atoms with E-state index < -0.39 is 0 Å². The van der Waals surface area contributed by atoms with Crippen LogP contribution < -0.4 is 5.46 Å². The molecule has 0 unspecified atom stereocenters. The molecule has 1 saturated heterocycles. The Bertz CT molecular complexity index is 409. The van der Waals surface area contributed by atoms with E-state index in [1.807, 2.05) is 0 Å². The molecule has 0 saturated carbocycles. The van der Waals surface area contributed by atoms with Gasteiger partial charge in [-0.2, -0.15) is 0 Å². The molecule has 0 atom stereocenters. The van der Waals surface area contributed by atoms with E-state index in [9.17, 15) is 0 Å². The molecule has 3 nitrogen and oxygen atoms in total.